The lowest BCUT2D eigenvalue weighted by Gasteiger charge is -2.18. The lowest BCUT2D eigenvalue weighted by atomic mass is 9.92. The monoisotopic (exact) mass is 418 g/mol. The molecule has 2 aliphatic heterocycles. The maximum atomic E-state index is 5.59. The van der Waals surface area contributed by atoms with E-state index in [1.165, 1.54) is 16.8 Å². The largest absolute Gasteiger partial charge is 0.493 e. The fourth-order valence-corrected chi connectivity index (χ4v) is 3.99. The predicted molar refractivity (Wildman–Crippen MR) is 102 cm³/mol. The third-order valence-electron chi connectivity index (χ3n) is 5.00. The van der Waals surface area contributed by atoms with Crippen LogP contribution in [0.1, 0.15) is 16.7 Å². The Bertz CT molecular complexity index is 907. The van der Waals surface area contributed by atoms with Crippen LogP contribution in [-0.4, -0.2) is 44.9 Å². The van der Waals surface area contributed by atoms with Gasteiger partial charge in [0.1, 0.15) is 13.6 Å². The molecule has 136 valence electrons. The highest BCUT2D eigenvalue weighted by Crippen LogP contribution is 2.38. The Labute approximate surface area is 161 Å². The maximum Gasteiger partial charge on any atom is 0.231 e. The Kier molecular flexibility index (Phi) is 4.53. The van der Waals surface area contributed by atoms with Crippen LogP contribution < -0.4 is 18.9 Å². The van der Waals surface area contributed by atoms with Crippen molar-refractivity contribution < 1.29 is 23.5 Å². The van der Waals surface area contributed by atoms with Gasteiger partial charge in [-0.25, -0.2) is 4.58 Å². The highest BCUT2D eigenvalue weighted by atomic mass is 79.9. The average molecular weight is 419 g/mol. The van der Waals surface area contributed by atoms with Gasteiger partial charge < -0.3 is 18.9 Å². The van der Waals surface area contributed by atoms with Crippen LogP contribution in [0, 0.1) is 0 Å². The summed E-state index contributed by atoms with van der Waals surface area (Å²) in [6.45, 7) is 1.28. The number of fused-ring (bicyclic) bond motifs is 2. The Balaban J connectivity index is 1.75. The minimum Gasteiger partial charge on any atom is -0.493 e. The molecule has 2 aromatic rings. The number of benzene rings is 2. The molecule has 0 N–H and O–H groups in total. The van der Waals surface area contributed by atoms with Gasteiger partial charge >= 0.3 is 0 Å². The minimum atomic E-state index is 0.296. The summed E-state index contributed by atoms with van der Waals surface area (Å²) < 4.78 is 25.3. The van der Waals surface area contributed by atoms with Gasteiger partial charge in [0, 0.05) is 16.5 Å². The topological polar surface area (TPSA) is 39.9 Å². The lowest BCUT2D eigenvalue weighted by molar-refractivity contribution is -0.498. The zero-order chi connectivity index (χ0) is 18.3. The predicted octanol–water partition coefficient (Wildman–Crippen LogP) is 3.43. The summed E-state index contributed by atoms with van der Waals surface area (Å²) in [6.07, 6.45) is 1.78. The minimum absolute atomic E-state index is 0.296. The van der Waals surface area contributed by atoms with Gasteiger partial charge in [-0.2, -0.15) is 0 Å². The first-order valence-electron chi connectivity index (χ1n) is 8.51. The van der Waals surface area contributed by atoms with E-state index >= 15 is 0 Å². The van der Waals surface area contributed by atoms with Crippen LogP contribution in [-0.2, 0) is 12.8 Å². The standard InChI is InChI=1S/C20H21BrNO4/c1-22-5-4-12-7-19-20(26-11-25-19)9-14(12)16(22)6-13-8-17(23-2)18(24-3)10-15(13)21/h7-10H,4-6,11H2,1-3H3/q+1. The quantitative estimate of drug-likeness (QED) is 0.713. The number of rotatable bonds is 4. The van der Waals surface area contributed by atoms with Crippen LogP contribution in [0.4, 0.5) is 0 Å². The van der Waals surface area contributed by atoms with Crippen LogP contribution >= 0.6 is 15.9 Å². The lowest BCUT2D eigenvalue weighted by Crippen LogP contribution is -2.29. The highest BCUT2D eigenvalue weighted by Gasteiger charge is 2.28. The smallest absolute Gasteiger partial charge is 0.231 e. The molecule has 0 fully saturated rings. The Morgan fingerprint density at radius 1 is 1.04 bits per heavy atom. The second kappa shape index (κ2) is 6.83. The average Bonchev–Trinajstić information content (AvgIpc) is 3.10. The third-order valence-corrected chi connectivity index (χ3v) is 5.74. The normalized spacial score (nSPS) is 15.1. The fourth-order valence-electron chi connectivity index (χ4n) is 3.53. The zero-order valence-electron chi connectivity index (χ0n) is 15.1. The number of hydrogen-bond donors (Lipinski definition) is 0. The van der Waals surface area contributed by atoms with Gasteiger partial charge in [0.25, 0.3) is 0 Å². The number of likely N-dealkylation sites (N-methyl/N-ethyl adjacent to an activating group) is 1. The van der Waals surface area contributed by atoms with E-state index in [-0.39, 0.29) is 0 Å². The van der Waals surface area contributed by atoms with Crippen molar-refractivity contribution in [2.24, 2.45) is 0 Å². The number of halogens is 1. The summed E-state index contributed by atoms with van der Waals surface area (Å²) in [5.74, 6) is 3.12. The molecule has 2 aliphatic rings. The van der Waals surface area contributed by atoms with Gasteiger partial charge in [-0.15, -0.1) is 0 Å². The molecule has 0 saturated heterocycles. The van der Waals surface area contributed by atoms with Crippen LogP contribution in [0.15, 0.2) is 28.7 Å². The van der Waals surface area contributed by atoms with E-state index < -0.39 is 0 Å². The number of nitrogens with zero attached hydrogens (tertiary/aromatic N) is 1. The molecule has 0 bridgehead atoms. The van der Waals surface area contributed by atoms with Gasteiger partial charge in [-0.05, 0) is 35.4 Å². The van der Waals surface area contributed by atoms with Crippen LogP contribution in [0.3, 0.4) is 0 Å². The van der Waals surface area contributed by atoms with Crippen molar-refractivity contribution in [3.05, 3.63) is 45.4 Å². The first-order valence-corrected chi connectivity index (χ1v) is 9.30. The van der Waals surface area contributed by atoms with Crippen molar-refractivity contribution in [2.75, 3.05) is 34.6 Å². The summed E-state index contributed by atoms with van der Waals surface area (Å²) in [6, 6.07) is 8.22. The van der Waals surface area contributed by atoms with E-state index in [0.29, 0.717) is 12.5 Å². The molecule has 0 radical (unpaired) electrons. The first kappa shape index (κ1) is 17.2. The van der Waals surface area contributed by atoms with Crippen molar-refractivity contribution in [3.63, 3.8) is 0 Å². The summed E-state index contributed by atoms with van der Waals surface area (Å²) in [5.41, 5.74) is 4.94. The Morgan fingerprint density at radius 3 is 2.46 bits per heavy atom. The van der Waals surface area contributed by atoms with E-state index in [1.807, 2.05) is 12.1 Å². The second-order valence-electron chi connectivity index (χ2n) is 6.46. The van der Waals surface area contributed by atoms with E-state index in [0.717, 1.165) is 46.7 Å². The second-order valence-corrected chi connectivity index (χ2v) is 7.31. The van der Waals surface area contributed by atoms with Gasteiger partial charge in [0.2, 0.25) is 6.79 Å². The van der Waals surface area contributed by atoms with Crippen LogP contribution in [0.5, 0.6) is 23.0 Å². The van der Waals surface area contributed by atoms with Gasteiger partial charge in [0.15, 0.2) is 28.7 Å². The Morgan fingerprint density at radius 2 is 1.73 bits per heavy atom. The molecule has 0 spiro atoms. The molecule has 0 aromatic heterocycles. The van der Waals surface area contributed by atoms with E-state index in [9.17, 15) is 0 Å². The number of hydrogen-bond acceptors (Lipinski definition) is 4. The maximum absolute atomic E-state index is 5.59. The highest BCUT2D eigenvalue weighted by molar-refractivity contribution is 9.10. The van der Waals surface area contributed by atoms with E-state index in [2.05, 4.69) is 39.7 Å². The van der Waals surface area contributed by atoms with E-state index in [4.69, 9.17) is 18.9 Å². The molecule has 0 aliphatic carbocycles. The van der Waals surface area contributed by atoms with Gasteiger partial charge in [-0.3, -0.25) is 0 Å². The first-order chi connectivity index (χ1) is 12.6. The molecule has 4 rings (SSSR count). The molecule has 0 unspecified atom stereocenters. The molecule has 2 heterocycles. The van der Waals surface area contributed by atoms with Crippen molar-refractivity contribution in [3.8, 4) is 23.0 Å². The van der Waals surface area contributed by atoms with Crippen molar-refractivity contribution in [1.82, 2.24) is 0 Å². The molecule has 5 nitrogen and oxygen atoms in total. The molecule has 6 heteroatoms. The molecular weight excluding hydrogens is 398 g/mol. The van der Waals surface area contributed by atoms with Crippen LogP contribution in [0.25, 0.3) is 0 Å². The molecule has 0 amide bonds. The third kappa shape index (κ3) is 2.92. The number of ether oxygens (including phenoxy) is 4. The van der Waals surface area contributed by atoms with E-state index in [1.54, 1.807) is 14.2 Å². The SMILES string of the molecule is COc1cc(Br)c(CC2=[N+](C)CCc3cc4c(cc32)OCO4)cc1OC. The Hall–Kier alpha value is -2.21. The zero-order valence-corrected chi connectivity index (χ0v) is 16.7. The fraction of sp³-hybridized carbons (Fsp3) is 0.350. The molecule has 0 atom stereocenters. The summed E-state index contributed by atoms with van der Waals surface area (Å²) in [5, 5.41) is 0. The summed E-state index contributed by atoms with van der Waals surface area (Å²) in [4.78, 5) is 0. The van der Waals surface area contributed by atoms with Crippen molar-refractivity contribution >= 4 is 21.6 Å². The molecule has 26 heavy (non-hydrogen) atoms. The van der Waals surface area contributed by atoms with Crippen LogP contribution in [0.2, 0.25) is 0 Å². The molecule has 0 saturated carbocycles. The summed E-state index contributed by atoms with van der Waals surface area (Å²) in [7, 11) is 5.44. The van der Waals surface area contributed by atoms with Crippen molar-refractivity contribution in [1.29, 1.82) is 0 Å². The van der Waals surface area contributed by atoms with Gasteiger partial charge in [-0.1, -0.05) is 15.9 Å². The van der Waals surface area contributed by atoms with Gasteiger partial charge in [0.05, 0.1) is 20.6 Å². The van der Waals surface area contributed by atoms with Crippen molar-refractivity contribution in [2.45, 2.75) is 12.8 Å². The molecular formula is C20H21BrNO4+. The molecule has 2 aromatic carbocycles. The number of methoxy groups -OCH3 is 2. The summed E-state index contributed by atoms with van der Waals surface area (Å²) >= 11 is 3.68.